The zero-order chi connectivity index (χ0) is 23.4. The molecule has 0 bridgehead atoms. The normalized spacial score (nSPS) is 19.6. The smallest absolute Gasteiger partial charge is 0.257 e. The van der Waals surface area contributed by atoms with E-state index in [1.165, 1.54) is 17.7 Å². The third kappa shape index (κ3) is 5.10. The van der Waals surface area contributed by atoms with Crippen LogP contribution >= 0.6 is 0 Å². The van der Waals surface area contributed by atoms with Crippen molar-refractivity contribution in [2.75, 3.05) is 19.6 Å². The highest BCUT2D eigenvalue weighted by Crippen LogP contribution is 2.31. The topological polar surface area (TPSA) is 56.1 Å². The summed E-state index contributed by atoms with van der Waals surface area (Å²) in [7, 11) is 0. The van der Waals surface area contributed by atoms with Gasteiger partial charge >= 0.3 is 0 Å². The molecule has 2 heterocycles. The summed E-state index contributed by atoms with van der Waals surface area (Å²) < 4.78 is 13.5. The number of aliphatic hydroxyl groups is 1. The second-order valence-electron chi connectivity index (χ2n) is 8.94. The van der Waals surface area contributed by atoms with Gasteiger partial charge in [-0.05, 0) is 43.0 Å². The lowest BCUT2D eigenvalue weighted by Crippen LogP contribution is -2.42. The zero-order valence-corrected chi connectivity index (χ0v) is 19.4. The van der Waals surface area contributed by atoms with Gasteiger partial charge in [0.05, 0.1) is 18.2 Å². The second-order valence-corrected chi connectivity index (χ2v) is 8.94. The number of aliphatic imine (C=N–C) groups is 1. The number of likely N-dealkylation sites (tertiary alicyclic amines) is 1. The van der Waals surface area contributed by atoms with Crippen LogP contribution in [0.3, 0.4) is 0 Å². The van der Waals surface area contributed by atoms with Crippen LogP contribution in [0.25, 0.3) is 0 Å². The largest absolute Gasteiger partial charge is 0.493 e. The molecule has 174 valence electrons. The van der Waals surface area contributed by atoms with Gasteiger partial charge in [-0.3, -0.25) is 4.79 Å². The molecule has 2 aromatic rings. The first-order valence-electron chi connectivity index (χ1n) is 11.8. The van der Waals surface area contributed by atoms with E-state index >= 15 is 0 Å². The lowest BCUT2D eigenvalue weighted by molar-refractivity contribution is -0.126. The van der Waals surface area contributed by atoms with Crippen LogP contribution in [0.4, 0.5) is 4.39 Å². The molecule has 2 aromatic carbocycles. The molecule has 0 aliphatic carbocycles. The van der Waals surface area contributed by atoms with Gasteiger partial charge in [0.2, 0.25) is 5.88 Å². The van der Waals surface area contributed by atoms with Crippen LogP contribution in [-0.2, 0) is 4.79 Å². The molecule has 1 amide bonds. The summed E-state index contributed by atoms with van der Waals surface area (Å²) in [6.07, 6.45) is 3.56. The fourth-order valence-electron chi connectivity index (χ4n) is 4.70. The Kier molecular flexibility index (Phi) is 7.11. The molecule has 33 heavy (non-hydrogen) atoms. The third-order valence-corrected chi connectivity index (χ3v) is 6.74. The van der Waals surface area contributed by atoms with Gasteiger partial charge in [-0.25, -0.2) is 9.38 Å². The van der Waals surface area contributed by atoms with Crippen molar-refractivity contribution < 1.29 is 14.3 Å². The molecule has 2 atom stereocenters. The van der Waals surface area contributed by atoms with Crippen LogP contribution in [0.2, 0.25) is 0 Å². The zero-order valence-electron chi connectivity index (χ0n) is 19.4. The maximum absolute atomic E-state index is 13.5. The van der Waals surface area contributed by atoms with Crippen LogP contribution < -0.4 is 0 Å². The van der Waals surface area contributed by atoms with Gasteiger partial charge < -0.3 is 14.9 Å². The first-order chi connectivity index (χ1) is 16.0. The molecule has 1 N–H and O–H groups in total. The fraction of sp³-hybridized carbons (Fsp3) is 0.407. The lowest BCUT2D eigenvalue weighted by Gasteiger charge is -2.36. The Bertz CT molecular complexity index is 1030. The average molecular weight is 450 g/mol. The van der Waals surface area contributed by atoms with Gasteiger partial charge in [-0.15, -0.1) is 0 Å². The summed E-state index contributed by atoms with van der Waals surface area (Å²) in [5.74, 6) is 0.475. The molecule has 0 aromatic heterocycles. The van der Waals surface area contributed by atoms with E-state index in [4.69, 9.17) is 0 Å². The molecule has 4 rings (SSSR count). The number of carbonyl (C=O) groups excluding carboxylic acids is 1. The van der Waals surface area contributed by atoms with Gasteiger partial charge in [0.1, 0.15) is 11.7 Å². The number of carbonyl (C=O) groups is 1. The first kappa shape index (κ1) is 23.0. The number of unbranched alkanes of at least 4 members (excludes halogenated alkanes) is 1. The van der Waals surface area contributed by atoms with E-state index in [-0.39, 0.29) is 30.2 Å². The van der Waals surface area contributed by atoms with Crippen molar-refractivity contribution in [1.29, 1.82) is 0 Å². The number of aliphatic hydroxyl groups excluding tert-OH is 1. The van der Waals surface area contributed by atoms with Gasteiger partial charge in [-0.1, -0.05) is 55.8 Å². The summed E-state index contributed by atoms with van der Waals surface area (Å²) in [6.45, 7) is 5.73. The van der Waals surface area contributed by atoms with E-state index in [0.717, 1.165) is 30.7 Å². The number of nitrogens with zero attached hydrogens (tertiary/aromatic N) is 3. The maximum Gasteiger partial charge on any atom is 0.257 e. The molecule has 1 fully saturated rings. The summed E-state index contributed by atoms with van der Waals surface area (Å²) in [4.78, 5) is 21.8. The molecular weight excluding hydrogens is 417 g/mol. The molecule has 1 unspecified atom stereocenters. The number of halogens is 1. The highest BCUT2D eigenvalue weighted by atomic mass is 19.1. The van der Waals surface area contributed by atoms with Gasteiger partial charge in [-0.2, -0.15) is 0 Å². The highest BCUT2D eigenvalue weighted by molar-refractivity contribution is 5.97. The van der Waals surface area contributed by atoms with Crippen molar-refractivity contribution in [3.63, 3.8) is 0 Å². The SMILES string of the molecule is CCCCC1=NC(O)=C(C(=O)N2CC[C@H](c3ccccc3)C2)CN1C(C)c1ccc(F)cc1. The highest BCUT2D eigenvalue weighted by Gasteiger charge is 2.34. The van der Waals surface area contributed by atoms with E-state index in [9.17, 15) is 14.3 Å². The van der Waals surface area contributed by atoms with E-state index in [1.54, 1.807) is 12.1 Å². The summed E-state index contributed by atoms with van der Waals surface area (Å²) >= 11 is 0. The van der Waals surface area contributed by atoms with Gasteiger partial charge in [0, 0.05) is 25.4 Å². The predicted octanol–water partition coefficient (Wildman–Crippen LogP) is 5.58. The summed E-state index contributed by atoms with van der Waals surface area (Å²) in [5.41, 5.74) is 2.51. The van der Waals surface area contributed by atoms with Crippen molar-refractivity contribution in [1.82, 2.24) is 9.80 Å². The van der Waals surface area contributed by atoms with Crippen molar-refractivity contribution in [2.45, 2.75) is 51.5 Å². The first-order valence-corrected chi connectivity index (χ1v) is 11.8. The monoisotopic (exact) mass is 449 g/mol. The Morgan fingerprint density at radius 3 is 2.61 bits per heavy atom. The summed E-state index contributed by atoms with van der Waals surface area (Å²) in [5, 5.41) is 10.7. The minimum atomic E-state index is -0.278. The Morgan fingerprint density at radius 2 is 1.91 bits per heavy atom. The van der Waals surface area contributed by atoms with E-state index < -0.39 is 0 Å². The van der Waals surface area contributed by atoms with Gasteiger partial charge in [0.15, 0.2) is 0 Å². The number of hydrogen-bond acceptors (Lipinski definition) is 4. The predicted molar refractivity (Wildman–Crippen MR) is 129 cm³/mol. The molecule has 6 heteroatoms. The van der Waals surface area contributed by atoms with Crippen LogP contribution in [0.15, 0.2) is 71.0 Å². The molecule has 0 spiro atoms. The number of benzene rings is 2. The number of amidine groups is 1. The maximum atomic E-state index is 13.5. The minimum Gasteiger partial charge on any atom is -0.493 e. The molecule has 5 nitrogen and oxygen atoms in total. The average Bonchev–Trinajstić information content (AvgIpc) is 3.33. The van der Waals surface area contributed by atoms with Crippen LogP contribution in [0, 0.1) is 5.82 Å². The molecule has 1 saturated heterocycles. The van der Waals surface area contributed by atoms with Crippen molar-refractivity contribution in [3.8, 4) is 0 Å². The van der Waals surface area contributed by atoms with Crippen LogP contribution in [0.5, 0.6) is 0 Å². The molecule has 0 saturated carbocycles. The van der Waals surface area contributed by atoms with Crippen molar-refractivity contribution >= 4 is 11.7 Å². The molecule has 2 aliphatic heterocycles. The quantitative estimate of drug-likeness (QED) is 0.601. The Hall–Kier alpha value is -3.15. The van der Waals surface area contributed by atoms with Crippen LogP contribution in [-0.4, -0.2) is 46.3 Å². The van der Waals surface area contributed by atoms with Gasteiger partial charge in [0.25, 0.3) is 5.91 Å². The fourth-order valence-corrected chi connectivity index (χ4v) is 4.70. The van der Waals surface area contributed by atoms with Crippen LogP contribution in [0.1, 0.15) is 62.6 Å². The van der Waals surface area contributed by atoms with Crippen molar-refractivity contribution in [3.05, 3.63) is 83.0 Å². The lowest BCUT2D eigenvalue weighted by atomic mass is 9.99. The number of rotatable bonds is 7. The van der Waals surface area contributed by atoms with E-state index in [1.807, 2.05) is 30.0 Å². The standard InChI is InChI=1S/C27H32FN3O2/c1-3-4-10-25-29-26(32)24(18-31(25)19(2)20-11-13-23(28)14-12-20)27(33)30-16-15-22(17-30)21-8-6-5-7-9-21/h5-9,11-14,19,22,32H,3-4,10,15-18H2,1-2H3/t19?,22-/m0/s1. The number of amides is 1. The van der Waals surface area contributed by atoms with E-state index in [0.29, 0.717) is 31.0 Å². The minimum absolute atomic E-state index is 0.104. The van der Waals surface area contributed by atoms with E-state index in [2.05, 4.69) is 28.9 Å². The molecule has 0 radical (unpaired) electrons. The Morgan fingerprint density at radius 1 is 1.18 bits per heavy atom. The molecule has 2 aliphatic rings. The Balaban J connectivity index is 1.55. The third-order valence-electron chi connectivity index (χ3n) is 6.74. The Labute approximate surface area is 195 Å². The number of hydrogen-bond donors (Lipinski definition) is 1. The van der Waals surface area contributed by atoms with Crippen molar-refractivity contribution in [2.24, 2.45) is 4.99 Å². The second kappa shape index (κ2) is 10.2. The molecular formula is C27H32FN3O2. The summed E-state index contributed by atoms with van der Waals surface area (Å²) in [6, 6.07) is 16.6.